The fraction of sp³-hybridized carbons (Fsp3) is 0.500. The first-order valence-corrected chi connectivity index (χ1v) is 5.64. The number of rotatable bonds is 4. The number of hydrogen-bond donors (Lipinski definition) is 0. The Morgan fingerprint density at radius 3 is 2.93 bits per heavy atom. The van der Waals surface area contributed by atoms with Gasteiger partial charge in [0, 0.05) is 24.9 Å². The Balaban J connectivity index is 2.04. The van der Waals surface area contributed by atoms with Crippen LogP contribution in [0.15, 0.2) is 10.6 Å². The fourth-order valence-corrected chi connectivity index (χ4v) is 1.57. The van der Waals surface area contributed by atoms with Crippen LogP contribution in [-0.2, 0) is 13.0 Å². The maximum atomic E-state index is 5.24. The molecule has 6 nitrogen and oxygen atoms in total. The maximum absolute atomic E-state index is 5.24. The van der Waals surface area contributed by atoms with Crippen LogP contribution in [0.2, 0.25) is 0 Å². The maximum Gasteiger partial charge on any atom is 0.237 e. The largest absolute Gasteiger partial charge is 0.424 e. The summed E-state index contributed by atoms with van der Waals surface area (Å²) in [4.78, 5) is 0. The summed E-state index contributed by atoms with van der Waals surface area (Å²) >= 11 is 3.35. The van der Waals surface area contributed by atoms with Crippen molar-refractivity contribution in [2.75, 3.05) is 5.33 Å². The zero-order valence-corrected chi connectivity index (χ0v) is 9.81. The van der Waals surface area contributed by atoms with Crippen LogP contribution in [0.1, 0.15) is 17.5 Å². The molecule has 80 valence electrons. The molecule has 0 saturated heterocycles. The van der Waals surface area contributed by atoms with Gasteiger partial charge >= 0.3 is 0 Å². The van der Waals surface area contributed by atoms with Gasteiger partial charge in [0.15, 0.2) is 0 Å². The van der Waals surface area contributed by atoms with Gasteiger partial charge in [-0.05, 0) is 0 Å². The van der Waals surface area contributed by atoms with E-state index in [9.17, 15) is 0 Å². The van der Waals surface area contributed by atoms with E-state index in [0.717, 1.165) is 17.4 Å². The topological polar surface area (TPSA) is 69.6 Å². The molecule has 2 aromatic rings. The number of aryl methyl sites for hydroxylation is 2. The summed E-state index contributed by atoms with van der Waals surface area (Å²) in [5.74, 6) is 1.11. The third kappa shape index (κ3) is 2.62. The Bertz CT molecular complexity index is 438. The highest BCUT2D eigenvalue weighted by atomic mass is 79.9. The number of hydrogen-bond acceptors (Lipinski definition) is 5. The molecule has 0 aliphatic carbocycles. The second kappa shape index (κ2) is 4.52. The minimum Gasteiger partial charge on any atom is -0.424 e. The van der Waals surface area contributed by atoms with Crippen molar-refractivity contribution in [2.45, 2.75) is 19.9 Å². The molecule has 0 aromatic carbocycles. The van der Waals surface area contributed by atoms with Crippen LogP contribution in [0.25, 0.3) is 0 Å². The number of nitrogens with zero attached hydrogens (tertiary/aromatic N) is 5. The second-order valence-electron chi connectivity index (χ2n) is 3.06. The second-order valence-corrected chi connectivity index (χ2v) is 3.85. The zero-order valence-electron chi connectivity index (χ0n) is 8.22. The monoisotopic (exact) mass is 271 g/mol. The summed E-state index contributed by atoms with van der Waals surface area (Å²) in [7, 11) is 0. The standard InChI is InChI=1S/C8H10BrN5O/c1-6-10-12-8(15-6)5-14-4-7(2-3-9)11-13-14/h4H,2-3,5H2,1H3. The van der Waals surface area contributed by atoms with E-state index in [1.54, 1.807) is 11.6 Å². The molecule has 0 aliphatic heterocycles. The van der Waals surface area contributed by atoms with Gasteiger partial charge in [-0.25, -0.2) is 4.68 Å². The van der Waals surface area contributed by atoms with Crippen LogP contribution in [0, 0.1) is 6.92 Å². The molecule has 0 atom stereocenters. The number of halogens is 1. The molecule has 2 rings (SSSR count). The van der Waals surface area contributed by atoms with Crippen molar-refractivity contribution < 1.29 is 4.42 Å². The summed E-state index contributed by atoms with van der Waals surface area (Å²) in [6.45, 7) is 2.23. The molecule has 0 bridgehead atoms. The van der Waals surface area contributed by atoms with Gasteiger partial charge in [0.2, 0.25) is 11.8 Å². The molecular weight excluding hydrogens is 262 g/mol. The van der Waals surface area contributed by atoms with Crippen molar-refractivity contribution in [2.24, 2.45) is 0 Å². The molecule has 7 heteroatoms. The van der Waals surface area contributed by atoms with Gasteiger partial charge in [-0.3, -0.25) is 0 Å². The highest BCUT2D eigenvalue weighted by Crippen LogP contribution is 2.02. The lowest BCUT2D eigenvalue weighted by Gasteiger charge is -1.92. The van der Waals surface area contributed by atoms with Crippen LogP contribution in [0.4, 0.5) is 0 Å². The van der Waals surface area contributed by atoms with Crippen molar-refractivity contribution in [1.82, 2.24) is 25.2 Å². The Morgan fingerprint density at radius 2 is 2.27 bits per heavy atom. The summed E-state index contributed by atoms with van der Waals surface area (Å²) in [5.41, 5.74) is 0.947. The molecule has 0 amide bonds. The van der Waals surface area contributed by atoms with Gasteiger partial charge in [-0.1, -0.05) is 21.1 Å². The van der Waals surface area contributed by atoms with Gasteiger partial charge < -0.3 is 4.42 Å². The molecule has 15 heavy (non-hydrogen) atoms. The van der Waals surface area contributed by atoms with Crippen molar-refractivity contribution in [3.63, 3.8) is 0 Å². The minimum atomic E-state index is 0.468. The Morgan fingerprint density at radius 1 is 1.40 bits per heavy atom. The molecule has 0 spiro atoms. The van der Waals surface area contributed by atoms with Crippen molar-refractivity contribution in [1.29, 1.82) is 0 Å². The van der Waals surface area contributed by atoms with Crippen LogP contribution < -0.4 is 0 Å². The van der Waals surface area contributed by atoms with Gasteiger partial charge in [0.25, 0.3) is 0 Å². The normalized spacial score (nSPS) is 10.8. The molecule has 0 radical (unpaired) electrons. The highest BCUT2D eigenvalue weighted by Gasteiger charge is 2.05. The Kier molecular flexibility index (Phi) is 3.10. The molecular formula is C8H10BrN5O. The van der Waals surface area contributed by atoms with Crippen molar-refractivity contribution >= 4 is 15.9 Å². The van der Waals surface area contributed by atoms with E-state index >= 15 is 0 Å². The predicted octanol–water partition coefficient (Wildman–Crippen LogP) is 0.955. The first kappa shape index (κ1) is 10.3. The molecule has 0 saturated carbocycles. The van der Waals surface area contributed by atoms with Gasteiger partial charge in [-0.2, -0.15) is 0 Å². The molecule has 0 fully saturated rings. The smallest absolute Gasteiger partial charge is 0.237 e. The number of alkyl halides is 1. The van der Waals surface area contributed by atoms with Crippen molar-refractivity contribution in [3.8, 4) is 0 Å². The molecule has 0 aliphatic rings. The number of aromatic nitrogens is 5. The Labute approximate surface area is 94.8 Å². The van der Waals surface area contributed by atoms with E-state index in [-0.39, 0.29) is 0 Å². The average Bonchev–Trinajstić information content (AvgIpc) is 2.78. The lowest BCUT2D eigenvalue weighted by molar-refractivity contribution is 0.441. The van der Waals surface area contributed by atoms with Gasteiger partial charge in [-0.15, -0.1) is 15.3 Å². The third-order valence-corrected chi connectivity index (χ3v) is 2.20. The quantitative estimate of drug-likeness (QED) is 0.775. The van der Waals surface area contributed by atoms with Gasteiger partial charge in [0.1, 0.15) is 6.54 Å². The van der Waals surface area contributed by atoms with Crippen LogP contribution in [0.3, 0.4) is 0 Å². The van der Waals surface area contributed by atoms with E-state index in [0.29, 0.717) is 18.3 Å². The molecule has 0 unspecified atom stereocenters. The van der Waals surface area contributed by atoms with Crippen molar-refractivity contribution in [3.05, 3.63) is 23.7 Å². The fourth-order valence-electron chi connectivity index (χ4n) is 1.17. The van der Waals surface area contributed by atoms with Crippen LogP contribution >= 0.6 is 15.9 Å². The summed E-state index contributed by atoms with van der Waals surface area (Å²) in [6, 6.07) is 0. The van der Waals surface area contributed by atoms with E-state index in [1.807, 2.05) is 6.20 Å². The van der Waals surface area contributed by atoms with E-state index in [4.69, 9.17) is 4.42 Å². The third-order valence-electron chi connectivity index (χ3n) is 1.80. The predicted molar refractivity (Wildman–Crippen MR) is 55.7 cm³/mol. The van der Waals surface area contributed by atoms with E-state index in [1.165, 1.54) is 0 Å². The summed E-state index contributed by atoms with van der Waals surface area (Å²) < 4.78 is 6.92. The minimum absolute atomic E-state index is 0.468. The van der Waals surface area contributed by atoms with E-state index < -0.39 is 0 Å². The van der Waals surface area contributed by atoms with Crippen LogP contribution in [-0.4, -0.2) is 30.5 Å². The summed E-state index contributed by atoms with van der Waals surface area (Å²) in [6.07, 6.45) is 2.74. The highest BCUT2D eigenvalue weighted by molar-refractivity contribution is 9.09. The molecule has 2 heterocycles. The first-order chi connectivity index (χ1) is 7.28. The SMILES string of the molecule is Cc1nnc(Cn2cc(CCBr)nn2)o1. The molecule has 0 N–H and O–H groups in total. The lowest BCUT2D eigenvalue weighted by Crippen LogP contribution is -2.00. The van der Waals surface area contributed by atoms with E-state index in [2.05, 4.69) is 36.4 Å². The Hall–Kier alpha value is -1.24. The first-order valence-electron chi connectivity index (χ1n) is 4.52. The lowest BCUT2D eigenvalue weighted by atomic mass is 10.4. The van der Waals surface area contributed by atoms with Crippen LogP contribution in [0.5, 0.6) is 0 Å². The van der Waals surface area contributed by atoms with Gasteiger partial charge in [0.05, 0.1) is 5.69 Å². The molecule has 2 aromatic heterocycles. The zero-order chi connectivity index (χ0) is 10.7. The summed E-state index contributed by atoms with van der Waals surface area (Å²) in [5, 5.41) is 16.5. The average molecular weight is 272 g/mol.